The lowest BCUT2D eigenvalue weighted by atomic mass is 9.97. The Balaban J connectivity index is 2.46. The monoisotopic (exact) mass is 171 g/mol. The van der Waals surface area contributed by atoms with Gasteiger partial charge in [0, 0.05) is 6.54 Å². The summed E-state index contributed by atoms with van der Waals surface area (Å²) >= 11 is 0. The Morgan fingerprint density at radius 1 is 1.42 bits per heavy atom. The molecule has 0 aromatic rings. The second kappa shape index (κ2) is 4.83. The molecule has 0 unspecified atom stereocenters. The molecule has 1 rings (SSSR count). The molecule has 1 fully saturated rings. The second-order valence-corrected chi connectivity index (χ2v) is 3.77. The van der Waals surface area contributed by atoms with Crippen LogP contribution in [0, 0.1) is 5.92 Å². The molecule has 0 aromatic carbocycles. The van der Waals surface area contributed by atoms with Crippen LogP contribution < -0.4 is 0 Å². The van der Waals surface area contributed by atoms with Crippen molar-refractivity contribution in [2.75, 3.05) is 19.6 Å². The van der Waals surface area contributed by atoms with Gasteiger partial charge in [-0.2, -0.15) is 0 Å². The highest BCUT2D eigenvalue weighted by molar-refractivity contribution is 4.76. The van der Waals surface area contributed by atoms with Crippen LogP contribution in [0.25, 0.3) is 0 Å². The summed E-state index contributed by atoms with van der Waals surface area (Å²) in [7, 11) is 0. The normalized spacial score (nSPS) is 33.2. The number of likely N-dealkylation sites (tertiary alicyclic amines) is 1. The van der Waals surface area contributed by atoms with Gasteiger partial charge < -0.3 is 10.0 Å². The van der Waals surface area contributed by atoms with E-state index in [1.165, 1.54) is 6.54 Å². The minimum Gasteiger partial charge on any atom is -0.393 e. The number of rotatable bonds is 2. The van der Waals surface area contributed by atoms with E-state index in [1.54, 1.807) is 0 Å². The number of hydrogen-bond acceptors (Lipinski definition) is 2. The van der Waals surface area contributed by atoms with E-state index in [-0.39, 0.29) is 6.10 Å². The van der Waals surface area contributed by atoms with Crippen molar-refractivity contribution in [2.24, 2.45) is 5.92 Å². The molecule has 1 saturated heterocycles. The molecule has 0 spiro atoms. The fourth-order valence-corrected chi connectivity index (χ4v) is 1.99. The molecule has 0 aromatic heterocycles. The van der Waals surface area contributed by atoms with Crippen molar-refractivity contribution in [3.8, 4) is 0 Å². The maximum Gasteiger partial charge on any atom is 0.0581 e. The van der Waals surface area contributed by atoms with Crippen LogP contribution >= 0.6 is 0 Å². The van der Waals surface area contributed by atoms with Crippen LogP contribution in [0.15, 0.2) is 0 Å². The van der Waals surface area contributed by atoms with Crippen LogP contribution in [-0.4, -0.2) is 35.7 Å². The molecule has 0 aliphatic carbocycles. The molecule has 0 radical (unpaired) electrons. The van der Waals surface area contributed by atoms with Gasteiger partial charge >= 0.3 is 0 Å². The first kappa shape index (κ1) is 10.0. The van der Waals surface area contributed by atoms with Gasteiger partial charge in [-0.3, -0.25) is 0 Å². The number of aliphatic hydroxyl groups is 1. The summed E-state index contributed by atoms with van der Waals surface area (Å²) in [4.78, 5) is 2.45. The van der Waals surface area contributed by atoms with Crippen LogP contribution in [0.2, 0.25) is 0 Å². The summed E-state index contributed by atoms with van der Waals surface area (Å²) in [5.74, 6) is 0.507. The predicted molar refractivity (Wildman–Crippen MR) is 51.1 cm³/mol. The largest absolute Gasteiger partial charge is 0.393 e. The minimum absolute atomic E-state index is 0.0495. The molecule has 1 N–H and O–H groups in total. The van der Waals surface area contributed by atoms with Gasteiger partial charge in [-0.05, 0) is 38.3 Å². The SMILES string of the molecule is CC[C@H]1CN(CC)CCC[C@H]1O. The standard InChI is InChI=1S/C10H21NO/c1-3-9-8-11(4-2)7-5-6-10(9)12/h9-10,12H,3-8H2,1-2H3/t9-,10+/m0/s1. The van der Waals surface area contributed by atoms with Crippen LogP contribution in [0.1, 0.15) is 33.1 Å². The van der Waals surface area contributed by atoms with Gasteiger partial charge in [-0.15, -0.1) is 0 Å². The van der Waals surface area contributed by atoms with E-state index in [0.717, 1.165) is 32.4 Å². The van der Waals surface area contributed by atoms with E-state index < -0.39 is 0 Å². The number of hydrogen-bond donors (Lipinski definition) is 1. The van der Waals surface area contributed by atoms with Crippen LogP contribution in [0.3, 0.4) is 0 Å². The summed E-state index contributed by atoms with van der Waals surface area (Å²) in [6, 6.07) is 0. The summed E-state index contributed by atoms with van der Waals surface area (Å²) in [6.45, 7) is 7.76. The van der Waals surface area contributed by atoms with E-state index in [0.29, 0.717) is 5.92 Å². The molecular weight excluding hydrogens is 150 g/mol. The van der Waals surface area contributed by atoms with E-state index in [2.05, 4.69) is 18.7 Å². The number of nitrogens with zero attached hydrogens (tertiary/aromatic N) is 1. The molecule has 1 heterocycles. The molecule has 1 aliphatic heterocycles. The quantitative estimate of drug-likeness (QED) is 0.680. The van der Waals surface area contributed by atoms with Crippen LogP contribution in [-0.2, 0) is 0 Å². The molecule has 12 heavy (non-hydrogen) atoms. The molecule has 0 bridgehead atoms. The maximum atomic E-state index is 9.74. The van der Waals surface area contributed by atoms with Crippen LogP contribution in [0.5, 0.6) is 0 Å². The zero-order chi connectivity index (χ0) is 8.97. The Morgan fingerprint density at radius 2 is 2.17 bits per heavy atom. The Morgan fingerprint density at radius 3 is 2.75 bits per heavy atom. The zero-order valence-corrected chi connectivity index (χ0v) is 8.29. The van der Waals surface area contributed by atoms with E-state index >= 15 is 0 Å². The van der Waals surface area contributed by atoms with Crippen molar-refractivity contribution < 1.29 is 5.11 Å². The smallest absolute Gasteiger partial charge is 0.0581 e. The molecule has 2 heteroatoms. The minimum atomic E-state index is -0.0495. The highest BCUT2D eigenvalue weighted by Gasteiger charge is 2.22. The van der Waals surface area contributed by atoms with Gasteiger partial charge in [-0.1, -0.05) is 13.8 Å². The summed E-state index contributed by atoms with van der Waals surface area (Å²) in [5, 5.41) is 9.74. The van der Waals surface area contributed by atoms with Gasteiger partial charge in [0.15, 0.2) is 0 Å². The summed E-state index contributed by atoms with van der Waals surface area (Å²) < 4.78 is 0. The zero-order valence-electron chi connectivity index (χ0n) is 8.29. The third-order valence-electron chi connectivity index (χ3n) is 2.98. The number of aliphatic hydroxyl groups excluding tert-OH is 1. The van der Waals surface area contributed by atoms with Crippen molar-refractivity contribution in [3.63, 3.8) is 0 Å². The lowest BCUT2D eigenvalue weighted by Gasteiger charge is -2.23. The molecule has 2 nitrogen and oxygen atoms in total. The van der Waals surface area contributed by atoms with Crippen molar-refractivity contribution in [1.29, 1.82) is 0 Å². The Kier molecular flexibility index (Phi) is 4.02. The highest BCUT2D eigenvalue weighted by Crippen LogP contribution is 2.19. The molecule has 1 aliphatic rings. The first-order valence-corrected chi connectivity index (χ1v) is 5.18. The van der Waals surface area contributed by atoms with Crippen LogP contribution in [0.4, 0.5) is 0 Å². The molecule has 2 atom stereocenters. The fourth-order valence-electron chi connectivity index (χ4n) is 1.99. The first-order chi connectivity index (χ1) is 5.77. The van der Waals surface area contributed by atoms with E-state index in [1.807, 2.05) is 0 Å². The Hall–Kier alpha value is -0.0800. The third kappa shape index (κ3) is 2.46. The predicted octanol–water partition coefficient (Wildman–Crippen LogP) is 1.49. The summed E-state index contributed by atoms with van der Waals surface area (Å²) in [6.07, 6.45) is 3.21. The van der Waals surface area contributed by atoms with Crippen molar-refractivity contribution >= 4 is 0 Å². The average molecular weight is 171 g/mol. The van der Waals surface area contributed by atoms with E-state index in [9.17, 15) is 5.11 Å². The van der Waals surface area contributed by atoms with E-state index in [4.69, 9.17) is 0 Å². The van der Waals surface area contributed by atoms with Gasteiger partial charge in [0.05, 0.1) is 6.10 Å². The average Bonchev–Trinajstić information content (AvgIpc) is 2.27. The topological polar surface area (TPSA) is 23.5 Å². The lowest BCUT2D eigenvalue weighted by Crippen LogP contribution is -2.31. The van der Waals surface area contributed by atoms with Gasteiger partial charge in [0.25, 0.3) is 0 Å². The van der Waals surface area contributed by atoms with Gasteiger partial charge in [-0.25, -0.2) is 0 Å². The maximum absolute atomic E-state index is 9.74. The molecular formula is C10H21NO. The Bertz CT molecular complexity index is 127. The lowest BCUT2D eigenvalue weighted by molar-refractivity contribution is 0.0926. The van der Waals surface area contributed by atoms with Gasteiger partial charge in [0.2, 0.25) is 0 Å². The highest BCUT2D eigenvalue weighted by atomic mass is 16.3. The van der Waals surface area contributed by atoms with Crippen molar-refractivity contribution in [3.05, 3.63) is 0 Å². The molecule has 0 saturated carbocycles. The van der Waals surface area contributed by atoms with Crippen molar-refractivity contribution in [1.82, 2.24) is 4.90 Å². The second-order valence-electron chi connectivity index (χ2n) is 3.77. The third-order valence-corrected chi connectivity index (χ3v) is 2.98. The first-order valence-electron chi connectivity index (χ1n) is 5.18. The summed E-state index contributed by atoms with van der Waals surface area (Å²) in [5.41, 5.74) is 0. The van der Waals surface area contributed by atoms with Crippen molar-refractivity contribution in [2.45, 2.75) is 39.2 Å². The molecule has 0 amide bonds. The fraction of sp³-hybridized carbons (Fsp3) is 1.00. The van der Waals surface area contributed by atoms with Gasteiger partial charge in [0.1, 0.15) is 0 Å². The molecule has 72 valence electrons. The Labute approximate surface area is 75.6 Å².